The van der Waals surface area contributed by atoms with E-state index < -0.39 is 11.7 Å². The SMILES string of the molecule is C[C@@]1(O)CCN(C(=O)c2cnn3cccnc23)C[C@H]1Oc1ccccc1. The number of aliphatic hydroxyl groups is 1. The van der Waals surface area contributed by atoms with Gasteiger partial charge in [-0.25, -0.2) is 9.50 Å². The van der Waals surface area contributed by atoms with Crippen LogP contribution in [0.2, 0.25) is 0 Å². The van der Waals surface area contributed by atoms with Gasteiger partial charge in [-0.1, -0.05) is 18.2 Å². The molecule has 26 heavy (non-hydrogen) atoms. The third kappa shape index (κ3) is 3.01. The molecule has 1 aliphatic rings. The van der Waals surface area contributed by atoms with Crippen LogP contribution in [0.1, 0.15) is 23.7 Å². The molecule has 1 aliphatic heterocycles. The Morgan fingerprint density at radius 1 is 1.31 bits per heavy atom. The van der Waals surface area contributed by atoms with Gasteiger partial charge in [-0.15, -0.1) is 0 Å². The van der Waals surface area contributed by atoms with Crippen molar-refractivity contribution in [1.82, 2.24) is 19.5 Å². The highest BCUT2D eigenvalue weighted by Gasteiger charge is 2.41. The fourth-order valence-electron chi connectivity index (χ4n) is 3.17. The van der Waals surface area contributed by atoms with Gasteiger partial charge in [0, 0.05) is 18.9 Å². The highest BCUT2D eigenvalue weighted by molar-refractivity contribution is 5.99. The van der Waals surface area contributed by atoms with Gasteiger partial charge in [0.05, 0.1) is 12.7 Å². The van der Waals surface area contributed by atoms with Crippen LogP contribution in [0.5, 0.6) is 5.75 Å². The maximum Gasteiger partial charge on any atom is 0.259 e. The Kier molecular flexibility index (Phi) is 4.08. The number of hydrogen-bond donors (Lipinski definition) is 1. The number of fused-ring (bicyclic) bond motifs is 1. The number of nitrogens with zero attached hydrogens (tertiary/aromatic N) is 4. The average molecular weight is 352 g/mol. The van der Waals surface area contributed by atoms with Crippen LogP contribution in [-0.2, 0) is 0 Å². The number of rotatable bonds is 3. The number of benzene rings is 1. The molecule has 134 valence electrons. The number of carbonyl (C=O) groups is 1. The summed E-state index contributed by atoms with van der Waals surface area (Å²) in [5.41, 5.74) is -0.0349. The van der Waals surface area contributed by atoms with Crippen LogP contribution in [0.4, 0.5) is 0 Å². The normalized spacial score (nSPS) is 23.2. The van der Waals surface area contributed by atoms with Crippen molar-refractivity contribution in [3.8, 4) is 5.75 Å². The summed E-state index contributed by atoms with van der Waals surface area (Å²) in [6.07, 6.45) is 4.84. The lowest BCUT2D eigenvalue weighted by atomic mass is 9.90. The van der Waals surface area contributed by atoms with Crippen LogP contribution in [0.25, 0.3) is 5.65 Å². The van der Waals surface area contributed by atoms with Gasteiger partial charge >= 0.3 is 0 Å². The second kappa shape index (κ2) is 6.42. The van der Waals surface area contributed by atoms with Gasteiger partial charge < -0.3 is 14.7 Å². The minimum absolute atomic E-state index is 0.157. The summed E-state index contributed by atoms with van der Waals surface area (Å²) in [6.45, 7) is 2.49. The summed E-state index contributed by atoms with van der Waals surface area (Å²) in [4.78, 5) is 18.9. The zero-order valence-corrected chi connectivity index (χ0v) is 14.4. The van der Waals surface area contributed by atoms with Gasteiger partial charge in [0.2, 0.25) is 0 Å². The summed E-state index contributed by atoms with van der Waals surface area (Å²) >= 11 is 0. The molecule has 1 saturated heterocycles. The Morgan fingerprint density at radius 3 is 2.92 bits per heavy atom. The van der Waals surface area contributed by atoms with Gasteiger partial charge in [-0.3, -0.25) is 4.79 Å². The highest BCUT2D eigenvalue weighted by Crippen LogP contribution is 2.27. The first-order chi connectivity index (χ1) is 12.5. The van der Waals surface area contributed by atoms with E-state index in [-0.39, 0.29) is 5.91 Å². The molecule has 0 unspecified atom stereocenters. The van der Waals surface area contributed by atoms with Gasteiger partial charge in [-0.05, 0) is 31.5 Å². The fourth-order valence-corrected chi connectivity index (χ4v) is 3.17. The van der Waals surface area contributed by atoms with Gasteiger partial charge in [0.1, 0.15) is 23.0 Å². The Bertz CT molecular complexity index is 923. The molecule has 0 radical (unpaired) electrons. The minimum atomic E-state index is -1.01. The Labute approximate surface area is 150 Å². The molecule has 0 spiro atoms. The number of piperidine rings is 1. The largest absolute Gasteiger partial charge is 0.486 e. The van der Waals surface area contributed by atoms with E-state index in [9.17, 15) is 9.90 Å². The second-order valence-electron chi connectivity index (χ2n) is 6.72. The summed E-state index contributed by atoms with van der Waals surface area (Å²) in [5, 5.41) is 14.9. The summed E-state index contributed by atoms with van der Waals surface area (Å²) in [7, 11) is 0. The van der Waals surface area contributed by atoms with E-state index in [0.29, 0.717) is 36.5 Å². The second-order valence-corrected chi connectivity index (χ2v) is 6.72. The summed E-state index contributed by atoms with van der Waals surface area (Å²) in [6, 6.07) is 11.1. The first-order valence-corrected chi connectivity index (χ1v) is 8.56. The van der Waals surface area contributed by atoms with Crippen molar-refractivity contribution in [2.75, 3.05) is 13.1 Å². The predicted molar refractivity (Wildman–Crippen MR) is 95.0 cm³/mol. The summed E-state index contributed by atoms with van der Waals surface area (Å²) < 4.78 is 7.55. The molecule has 1 aromatic carbocycles. The number of likely N-dealkylation sites (tertiary alicyclic amines) is 1. The first-order valence-electron chi connectivity index (χ1n) is 8.56. The van der Waals surface area contributed by atoms with E-state index in [1.807, 2.05) is 30.3 Å². The lowest BCUT2D eigenvalue weighted by Crippen LogP contribution is -2.57. The molecule has 3 aromatic rings. The van der Waals surface area contributed by atoms with E-state index in [1.54, 1.807) is 34.8 Å². The molecule has 1 amide bonds. The third-order valence-corrected chi connectivity index (χ3v) is 4.79. The standard InChI is InChI=1S/C19H20N4O3/c1-19(25)8-11-22(13-16(19)26-14-6-3-2-4-7-14)18(24)15-12-21-23-10-5-9-20-17(15)23/h2-7,9-10,12,16,25H,8,11,13H2,1H3/t16-,19-/m1/s1. The van der Waals surface area contributed by atoms with Crippen LogP contribution in [0.3, 0.4) is 0 Å². The molecule has 0 bridgehead atoms. The number of carbonyl (C=O) groups excluding carboxylic acids is 1. The van der Waals surface area contributed by atoms with Crippen LogP contribution in [-0.4, -0.2) is 55.3 Å². The maximum atomic E-state index is 13.0. The Balaban J connectivity index is 1.56. The molecular weight excluding hydrogens is 332 g/mol. The molecule has 7 nitrogen and oxygen atoms in total. The van der Waals surface area contributed by atoms with Crippen molar-refractivity contribution in [1.29, 1.82) is 0 Å². The van der Waals surface area contributed by atoms with Crippen molar-refractivity contribution < 1.29 is 14.6 Å². The third-order valence-electron chi connectivity index (χ3n) is 4.79. The lowest BCUT2D eigenvalue weighted by molar-refractivity contribution is -0.0881. The zero-order valence-electron chi connectivity index (χ0n) is 14.4. The molecule has 1 fully saturated rings. The highest BCUT2D eigenvalue weighted by atomic mass is 16.5. The molecule has 3 heterocycles. The monoisotopic (exact) mass is 352 g/mol. The van der Waals surface area contributed by atoms with Gasteiger partial charge in [0.25, 0.3) is 5.91 Å². The van der Waals surface area contributed by atoms with E-state index in [2.05, 4.69) is 10.1 Å². The molecule has 4 rings (SSSR count). The first kappa shape index (κ1) is 16.5. The minimum Gasteiger partial charge on any atom is -0.486 e. The number of amides is 1. The molecule has 0 saturated carbocycles. The molecule has 2 aromatic heterocycles. The Morgan fingerprint density at radius 2 is 2.12 bits per heavy atom. The van der Waals surface area contributed by atoms with E-state index in [0.717, 1.165) is 0 Å². The van der Waals surface area contributed by atoms with Crippen molar-refractivity contribution in [2.24, 2.45) is 0 Å². The Hall–Kier alpha value is -2.93. The molecule has 7 heteroatoms. The van der Waals surface area contributed by atoms with E-state index in [1.165, 1.54) is 6.20 Å². The van der Waals surface area contributed by atoms with Gasteiger partial charge in [0.15, 0.2) is 5.65 Å². The summed E-state index contributed by atoms with van der Waals surface area (Å²) in [5.74, 6) is 0.514. The number of aromatic nitrogens is 3. The molecule has 1 N–H and O–H groups in total. The van der Waals surface area contributed by atoms with E-state index >= 15 is 0 Å². The van der Waals surface area contributed by atoms with Gasteiger partial charge in [-0.2, -0.15) is 5.10 Å². The van der Waals surface area contributed by atoms with Crippen LogP contribution < -0.4 is 4.74 Å². The number of ether oxygens (including phenoxy) is 1. The van der Waals surface area contributed by atoms with Crippen molar-refractivity contribution in [3.63, 3.8) is 0 Å². The fraction of sp³-hybridized carbons (Fsp3) is 0.316. The zero-order chi connectivity index (χ0) is 18.1. The van der Waals surface area contributed by atoms with Crippen LogP contribution >= 0.6 is 0 Å². The predicted octanol–water partition coefficient (Wildman–Crippen LogP) is 1.77. The topological polar surface area (TPSA) is 80.0 Å². The number of para-hydroxylation sites is 1. The molecule has 2 atom stereocenters. The molecule has 0 aliphatic carbocycles. The maximum absolute atomic E-state index is 13.0. The molecular formula is C19H20N4O3. The van der Waals surface area contributed by atoms with Crippen molar-refractivity contribution in [3.05, 3.63) is 60.6 Å². The average Bonchev–Trinajstić information content (AvgIpc) is 3.08. The van der Waals surface area contributed by atoms with Crippen LogP contribution in [0, 0.1) is 0 Å². The quantitative estimate of drug-likeness (QED) is 0.777. The lowest BCUT2D eigenvalue weighted by Gasteiger charge is -2.42. The van der Waals surface area contributed by atoms with Crippen molar-refractivity contribution in [2.45, 2.75) is 25.0 Å². The van der Waals surface area contributed by atoms with E-state index in [4.69, 9.17) is 4.74 Å². The number of hydrogen-bond acceptors (Lipinski definition) is 5. The van der Waals surface area contributed by atoms with Crippen molar-refractivity contribution >= 4 is 11.6 Å². The smallest absolute Gasteiger partial charge is 0.259 e. The van der Waals surface area contributed by atoms with Crippen LogP contribution in [0.15, 0.2) is 55.0 Å².